The van der Waals surface area contributed by atoms with Crippen LogP contribution in [0.15, 0.2) is 30.5 Å². The second kappa shape index (κ2) is 7.70. The molecule has 3 rings (SSSR count). The second-order valence-corrected chi connectivity index (χ2v) is 6.58. The molecule has 1 aromatic carbocycles. The molecule has 0 aliphatic carbocycles. The van der Waals surface area contributed by atoms with Gasteiger partial charge in [0.05, 0.1) is 12.8 Å². The van der Waals surface area contributed by atoms with Gasteiger partial charge in [0, 0.05) is 51.5 Å². The lowest BCUT2D eigenvalue weighted by Gasteiger charge is -2.22. The molecule has 1 amide bonds. The monoisotopic (exact) mass is 342 g/mol. The van der Waals surface area contributed by atoms with Gasteiger partial charge in [0.15, 0.2) is 0 Å². The maximum Gasteiger partial charge on any atom is 0.253 e. The van der Waals surface area contributed by atoms with Crippen LogP contribution in [0.25, 0.3) is 0 Å². The molecule has 1 saturated heterocycles. The van der Waals surface area contributed by atoms with Crippen molar-refractivity contribution in [3.05, 3.63) is 47.3 Å². The number of carbonyl (C=O) groups excluding carboxylic acids is 1. The quantitative estimate of drug-likeness (QED) is 0.854. The number of amides is 1. The number of methoxy groups -OCH3 is 1. The van der Waals surface area contributed by atoms with Gasteiger partial charge in [-0.15, -0.1) is 0 Å². The summed E-state index contributed by atoms with van der Waals surface area (Å²) in [6, 6.07) is 7.34. The summed E-state index contributed by atoms with van der Waals surface area (Å²) in [5, 5.41) is 4.54. The van der Waals surface area contributed by atoms with Crippen molar-refractivity contribution in [3.63, 3.8) is 0 Å². The third kappa shape index (κ3) is 4.20. The maximum absolute atomic E-state index is 12.7. The number of benzene rings is 1. The van der Waals surface area contributed by atoms with Crippen LogP contribution < -0.4 is 4.74 Å². The third-order valence-electron chi connectivity index (χ3n) is 4.70. The van der Waals surface area contributed by atoms with Gasteiger partial charge in [0.25, 0.3) is 5.91 Å². The molecule has 0 atom stereocenters. The highest BCUT2D eigenvalue weighted by Crippen LogP contribution is 2.15. The van der Waals surface area contributed by atoms with E-state index in [0.717, 1.165) is 56.2 Å². The number of carbonyl (C=O) groups is 1. The smallest absolute Gasteiger partial charge is 0.253 e. The summed E-state index contributed by atoms with van der Waals surface area (Å²) in [6.45, 7) is 6.34. The number of hydrogen-bond acceptors (Lipinski definition) is 4. The summed E-state index contributed by atoms with van der Waals surface area (Å²) in [5.74, 6) is 0.864. The van der Waals surface area contributed by atoms with E-state index in [4.69, 9.17) is 4.74 Å². The SMILES string of the molecule is COc1ccc(C(=O)N2CCCN(Cc3nn(C)cc3C)CC2)cc1. The van der Waals surface area contributed by atoms with Crippen LogP contribution in [0.5, 0.6) is 5.75 Å². The molecule has 0 spiro atoms. The summed E-state index contributed by atoms with van der Waals surface area (Å²) in [6.07, 6.45) is 3.03. The zero-order valence-electron chi connectivity index (χ0n) is 15.2. The van der Waals surface area contributed by atoms with Crippen LogP contribution in [0.4, 0.5) is 0 Å². The molecule has 6 heteroatoms. The fraction of sp³-hybridized carbons (Fsp3) is 0.474. The molecule has 2 heterocycles. The highest BCUT2D eigenvalue weighted by molar-refractivity contribution is 5.94. The van der Waals surface area contributed by atoms with E-state index in [2.05, 4.69) is 16.9 Å². The van der Waals surface area contributed by atoms with Gasteiger partial charge < -0.3 is 9.64 Å². The fourth-order valence-electron chi connectivity index (χ4n) is 3.27. The Labute approximate surface area is 149 Å². The molecule has 0 saturated carbocycles. The largest absolute Gasteiger partial charge is 0.497 e. The van der Waals surface area contributed by atoms with Crippen LogP contribution in [-0.4, -0.2) is 58.8 Å². The van der Waals surface area contributed by atoms with E-state index in [1.54, 1.807) is 7.11 Å². The lowest BCUT2D eigenvalue weighted by molar-refractivity contribution is 0.0761. The van der Waals surface area contributed by atoms with E-state index in [1.165, 1.54) is 5.56 Å². The van der Waals surface area contributed by atoms with Gasteiger partial charge in [0.1, 0.15) is 5.75 Å². The van der Waals surface area contributed by atoms with E-state index in [-0.39, 0.29) is 5.91 Å². The highest BCUT2D eigenvalue weighted by atomic mass is 16.5. The standard InChI is InChI=1S/C19H26N4O2/c1-15-13-21(2)20-18(15)14-22-9-4-10-23(12-11-22)19(24)16-5-7-17(25-3)8-6-16/h5-8,13H,4,9-12,14H2,1-3H3. The molecule has 6 nitrogen and oxygen atoms in total. The topological polar surface area (TPSA) is 50.6 Å². The minimum Gasteiger partial charge on any atom is -0.497 e. The summed E-state index contributed by atoms with van der Waals surface area (Å²) in [5.41, 5.74) is 3.06. The molecule has 1 aliphatic rings. The first-order valence-electron chi connectivity index (χ1n) is 8.71. The van der Waals surface area contributed by atoms with Crippen LogP contribution >= 0.6 is 0 Å². The van der Waals surface area contributed by atoms with Crippen LogP contribution in [0, 0.1) is 6.92 Å². The van der Waals surface area contributed by atoms with Gasteiger partial charge in [-0.25, -0.2) is 0 Å². The lowest BCUT2D eigenvalue weighted by atomic mass is 10.2. The van der Waals surface area contributed by atoms with E-state index >= 15 is 0 Å². The Balaban J connectivity index is 1.60. The fourth-order valence-corrected chi connectivity index (χ4v) is 3.27. The van der Waals surface area contributed by atoms with Crippen molar-refractivity contribution in [2.24, 2.45) is 7.05 Å². The van der Waals surface area contributed by atoms with Crippen molar-refractivity contribution < 1.29 is 9.53 Å². The first kappa shape index (κ1) is 17.5. The number of hydrogen-bond donors (Lipinski definition) is 0. The lowest BCUT2D eigenvalue weighted by Crippen LogP contribution is -2.35. The predicted molar refractivity (Wildman–Crippen MR) is 96.7 cm³/mol. The molecule has 0 N–H and O–H groups in total. The summed E-state index contributed by atoms with van der Waals surface area (Å²) >= 11 is 0. The van der Waals surface area contributed by atoms with Crippen LogP contribution in [0.2, 0.25) is 0 Å². The number of nitrogens with zero attached hydrogens (tertiary/aromatic N) is 4. The first-order chi connectivity index (χ1) is 12.1. The van der Waals surface area contributed by atoms with Gasteiger partial charge in [-0.05, 0) is 43.2 Å². The molecule has 1 aromatic heterocycles. The van der Waals surface area contributed by atoms with Gasteiger partial charge in [-0.1, -0.05) is 0 Å². The number of aryl methyl sites for hydroxylation is 2. The molecule has 2 aromatic rings. The molecule has 134 valence electrons. The number of aromatic nitrogens is 2. The highest BCUT2D eigenvalue weighted by Gasteiger charge is 2.21. The normalized spacial score (nSPS) is 15.9. The van der Waals surface area contributed by atoms with Crippen LogP contribution in [-0.2, 0) is 13.6 Å². The maximum atomic E-state index is 12.7. The van der Waals surface area contributed by atoms with Gasteiger partial charge >= 0.3 is 0 Å². The third-order valence-corrected chi connectivity index (χ3v) is 4.70. The second-order valence-electron chi connectivity index (χ2n) is 6.58. The van der Waals surface area contributed by atoms with E-state index in [9.17, 15) is 4.79 Å². The van der Waals surface area contributed by atoms with Crippen molar-refractivity contribution >= 4 is 5.91 Å². The molecular weight excluding hydrogens is 316 g/mol. The van der Waals surface area contributed by atoms with Crippen LogP contribution in [0.3, 0.4) is 0 Å². The van der Waals surface area contributed by atoms with E-state index in [1.807, 2.05) is 47.1 Å². The molecule has 25 heavy (non-hydrogen) atoms. The van der Waals surface area contributed by atoms with Crippen molar-refractivity contribution in [1.82, 2.24) is 19.6 Å². The summed E-state index contributed by atoms with van der Waals surface area (Å²) in [4.78, 5) is 17.1. The zero-order chi connectivity index (χ0) is 17.8. The molecular formula is C19H26N4O2. The molecule has 0 unspecified atom stereocenters. The van der Waals surface area contributed by atoms with Crippen molar-refractivity contribution in [3.8, 4) is 5.75 Å². The summed E-state index contributed by atoms with van der Waals surface area (Å²) in [7, 11) is 3.58. The zero-order valence-corrected chi connectivity index (χ0v) is 15.2. The Morgan fingerprint density at radius 1 is 1.16 bits per heavy atom. The molecule has 1 aliphatic heterocycles. The van der Waals surface area contributed by atoms with Gasteiger partial charge in [-0.3, -0.25) is 14.4 Å². The molecule has 0 bridgehead atoms. The first-order valence-corrected chi connectivity index (χ1v) is 8.71. The Morgan fingerprint density at radius 2 is 1.92 bits per heavy atom. The number of ether oxygens (including phenoxy) is 1. The Morgan fingerprint density at radius 3 is 2.56 bits per heavy atom. The van der Waals surface area contributed by atoms with E-state index in [0.29, 0.717) is 0 Å². The van der Waals surface area contributed by atoms with Crippen molar-refractivity contribution in [2.75, 3.05) is 33.3 Å². The van der Waals surface area contributed by atoms with E-state index < -0.39 is 0 Å². The number of rotatable bonds is 4. The van der Waals surface area contributed by atoms with Crippen molar-refractivity contribution in [1.29, 1.82) is 0 Å². The average molecular weight is 342 g/mol. The van der Waals surface area contributed by atoms with Gasteiger partial charge in [-0.2, -0.15) is 5.10 Å². The van der Waals surface area contributed by atoms with Gasteiger partial charge in [0.2, 0.25) is 0 Å². The molecule has 0 radical (unpaired) electrons. The van der Waals surface area contributed by atoms with Crippen LogP contribution in [0.1, 0.15) is 28.0 Å². The average Bonchev–Trinajstić information content (AvgIpc) is 2.80. The summed E-state index contributed by atoms with van der Waals surface area (Å²) < 4.78 is 7.02. The minimum absolute atomic E-state index is 0.0959. The molecule has 1 fully saturated rings. The Hall–Kier alpha value is -2.34. The minimum atomic E-state index is 0.0959. The predicted octanol–water partition coefficient (Wildman–Crippen LogP) is 2.09. The Kier molecular flexibility index (Phi) is 5.38. The van der Waals surface area contributed by atoms with Crippen molar-refractivity contribution in [2.45, 2.75) is 19.9 Å². The Bertz CT molecular complexity index is 724.